The molecule has 0 spiro atoms. The van der Waals surface area contributed by atoms with Crippen molar-refractivity contribution in [2.45, 2.75) is 65.2 Å². The fourth-order valence-corrected chi connectivity index (χ4v) is 3.45. The van der Waals surface area contributed by atoms with Gasteiger partial charge in [0.05, 0.1) is 25.4 Å². The summed E-state index contributed by atoms with van der Waals surface area (Å²) in [6.45, 7) is 9.56. The highest BCUT2D eigenvalue weighted by molar-refractivity contribution is 5.84. The first kappa shape index (κ1) is 18.5. The lowest BCUT2D eigenvalue weighted by Crippen LogP contribution is -2.50. The predicted octanol–water partition coefficient (Wildman–Crippen LogP) is 2.01. The molecule has 2 rings (SSSR count). The Hall–Kier alpha value is -1.82. The fourth-order valence-electron chi connectivity index (χ4n) is 3.45. The Balaban J connectivity index is 1.91. The zero-order valence-corrected chi connectivity index (χ0v) is 15.1. The third kappa shape index (κ3) is 4.60. The number of likely N-dealkylation sites (tertiary alicyclic amines) is 1. The highest BCUT2D eigenvalue weighted by Crippen LogP contribution is 2.18. The Morgan fingerprint density at radius 3 is 2.62 bits per heavy atom. The monoisotopic (exact) mass is 335 g/mol. The van der Waals surface area contributed by atoms with Crippen LogP contribution in [-0.2, 0) is 16.1 Å². The van der Waals surface area contributed by atoms with Crippen molar-refractivity contribution in [3.8, 4) is 0 Å². The second-order valence-electron chi connectivity index (χ2n) is 6.91. The van der Waals surface area contributed by atoms with E-state index in [1.807, 2.05) is 43.6 Å². The van der Waals surface area contributed by atoms with E-state index in [9.17, 15) is 9.59 Å². The number of amides is 2. The Kier molecular flexibility index (Phi) is 6.43. The summed E-state index contributed by atoms with van der Waals surface area (Å²) in [7, 11) is 0. The molecule has 1 aliphatic heterocycles. The summed E-state index contributed by atoms with van der Waals surface area (Å²) in [5, 5.41) is 2.91. The molecule has 1 aromatic heterocycles. The van der Waals surface area contributed by atoms with Gasteiger partial charge in [-0.05, 0) is 59.2 Å². The molecule has 2 amide bonds. The number of furan rings is 1. The number of hydrogen-bond acceptors (Lipinski definition) is 4. The van der Waals surface area contributed by atoms with Crippen molar-refractivity contribution in [1.29, 1.82) is 0 Å². The van der Waals surface area contributed by atoms with Gasteiger partial charge in [-0.3, -0.25) is 14.5 Å². The van der Waals surface area contributed by atoms with Gasteiger partial charge in [0.1, 0.15) is 5.76 Å². The van der Waals surface area contributed by atoms with E-state index in [-0.39, 0.29) is 29.9 Å². The van der Waals surface area contributed by atoms with Gasteiger partial charge in [-0.2, -0.15) is 0 Å². The van der Waals surface area contributed by atoms with Crippen LogP contribution in [0.4, 0.5) is 0 Å². The molecule has 1 fully saturated rings. The molecule has 0 radical (unpaired) electrons. The van der Waals surface area contributed by atoms with Gasteiger partial charge in [0.25, 0.3) is 0 Å². The smallest absolute Gasteiger partial charge is 0.237 e. The summed E-state index contributed by atoms with van der Waals surface area (Å²) in [6.07, 6.45) is 3.32. The Labute approximate surface area is 144 Å². The van der Waals surface area contributed by atoms with Crippen LogP contribution in [0.25, 0.3) is 0 Å². The summed E-state index contributed by atoms with van der Waals surface area (Å²) in [5.74, 6) is 0.790. The number of carbonyl (C=O) groups is 2. The molecule has 1 atom stereocenters. The highest BCUT2D eigenvalue weighted by atomic mass is 16.3. The van der Waals surface area contributed by atoms with Crippen LogP contribution < -0.4 is 5.32 Å². The molecular weight excluding hydrogens is 306 g/mol. The molecular formula is C18H29N3O3. The van der Waals surface area contributed by atoms with Crippen LogP contribution in [0.3, 0.4) is 0 Å². The largest absolute Gasteiger partial charge is 0.467 e. The number of nitrogens with zero attached hydrogens (tertiary/aromatic N) is 2. The third-order valence-corrected chi connectivity index (χ3v) is 4.42. The average molecular weight is 335 g/mol. The maximum atomic E-state index is 12.6. The molecule has 1 aliphatic rings. The molecule has 2 heterocycles. The SMILES string of the molecule is CC(C)N(C(=O)CN1CCCC1C(=O)NCc1ccco1)C(C)C. The predicted molar refractivity (Wildman–Crippen MR) is 92.3 cm³/mol. The van der Waals surface area contributed by atoms with Gasteiger partial charge in [-0.1, -0.05) is 0 Å². The fraction of sp³-hybridized carbons (Fsp3) is 0.667. The van der Waals surface area contributed by atoms with Gasteiger partial charge < -0.3 is 14.6 Å². The number of nitrogens with one attached hydrogen (secondary N) is 1. The molecule has 1 unspecified atom stereocenters. The molecule has 1 N–H and O–H groups in total. The lowest BCUT2D eigenvalue weighted by Gasteiger charge is -2.33. The van der Waals surface area contributed by atoms with Crippen molar-refractivity contribution >= 4 is 11.8 Å². The molecule has 0 bridgehead atoms. The van der Waals surface area contributed by atoms with Crippen LogP contribution >= 0.6 is 0 Å². The molecule has 1 aromatic rings. The summed E-state index contributed by atoms with van der Waals surface area (Å²) < 4.78 is 5.23. The molecule has 0 saturated carbocycles. The lowest BCUT2D eigenvalue weighted by atomic mass is 10.2. The van der Waals surface area contributed by atoms with E-state index in [1.165, 1.54) is 0 Å². The van der Waals surface area contributed by atoms with Gasteiger partial charge in [0.2, 0.25) is 11.8 Å². The number of hydrogen-bond donors (Lipinski definition) is 1. The second kappa shape index (κ2) is 8.33. The summed E-state index contributed by atoms with van der Waals surface area (Å²) in [6, 6.07) is 3.72. The van der Waals surface area contributed by atoms with Gasteiger partial charge in [0.15, 0.2) is 0 Å². The van der Waals surface area contributed by atoms with Crippen LogP contribution in [0, 0.1) is 0 Å². The first-order valence-corrected chi connectivity index (χ1v) is 8.75. The van der Waals surface area contributed by atoms with E-state index in [2.05, 4.69) is 5.32 Å². The maximum absolute atomic E-state index is 12.6. The van der Waals surface area contributed by atoms with Gasteiger partial charge in [-0.25, -0.2) is 0 Å². The van der Waals surface area contributed by atoms with Gasteiger partial charge in [-0.15, -0.1) is 0 Å². The van der Waals surface area contributed by atoms with Crippen molar-refractivity contribution in [2.24, 2.45) is 0 Å². The van der Waals surface area contributed by atoms with Crippen LogP contribution in [0.2, 0.25) is 0 Å². The zero-order valence-electron chi connectivity index (χ0n) is 15.1. The van der Waals surface area contributed by atoms with Gasteiger partial charge >= 0.3 is 0 Å². The van der Waals surface area contributed by atoms with E-state index in [4.69, 9.17) is 4.42 Å². The van der Waals surface area contributed by atoms with E-state index < -0.39 is 0 Å². The van der Waals surface area contributed by atoms with Crippen molar-refractivity contribution in [2.75, 3.05) is 13.1 Å². The molecule has 6 heteroatoms. The normalized spacial score (nSPS) is 18.3. The topological polar surface area (TPSA) is 65.8 Å². The highest BCUT2D eigenvalue weighted by Gasteiger charge is 2.33. The number of carbonyl (C=O) groups excluding carboxylic acids is 2. The standard InChI is InChI=1S/C18H29N3O3/c1-13(2)21(14(3)4)17(22)12-20-9-5-8-16(20)18(23)19-11-15-7-6-10-24-15/h6-7,10,13-14,16H,5,8-9,11-12H2,1-4H3,(H,19,23). The number of rotatable bonds is 7. The van der Waals surface area contributed by atoms with Crippen molar-refractivity contribution in [1.82, 2.24) is 15.1 Å². The summed E-state index contributed by atoms with van der Waals surface area (Å²) in [4.78, 5) is 29.0. The molecule has 134 valence electrons. The van der Waals surface area contributed by atoms with E-state index in [0.717, 1.165) is 25.1 Å². The first-order chi connectivity index (χ1) is 11.4. The average Bonchev–Trinajstić information content (AvgIpc) is 3.15. The molecule has 24 heavy (non-hydrogen) atoms. The van der Waals surface area contributed by atoms with E-state index in [0.29, 0.717) is 13.1 Å². The lowest BCUT2D eigenvalue weighted by molar-refractivity contribution is -0.137. The molecule has 0 aromatic carbocycles. The first-order valence-electron chi connectivity index (χ1n) is 8.75. The van der Waals surface area contributed by atoms with Crippen molar-refractivity contribution in [3.05, 3.63) is 24.2 Å². The quantitative estimate of drug-likeness (QED) is 0.828. The Morgan fingerprint density at radius 2 is 2.04 bits per heavy atom. The van der Waals surface area contributed by atoms with Crippen molar-refractivity contribution < 1.29 is 14.0 Å². The van der Waals surface area contributed by atoms with Crippen LogP contribution in [0.1, 0.15) is 46.3 Å². The Bertz CT molecular complexity index is 532. The van der Waals surface area contributed by atoms with E-state index in [1.54, 1.807) is 12.3 Å². The summed E-state index contributed by atoms with van der Waals surface area (Å²) in [5.41, 5.74) is 0. The van der Waals surface area contributed by atoms with Crippen LogP contribution in [-0.4, -0.2) is 52.8 Å². The van der Waals surface area contributed by atoms with Crippen molar-refractivity contribution in [3.63, 3.8) is 0 Å². The molecule has 1 saturated heterocycles. The second-order valence-corrected chi connectivity index (χ2v) is 6.91. The maximum Gasteiger partial charge on any atom is 0.237 e. The molecule has 6 nitrogen and oxygen atoms in total. The van der Waals surface area contributed by atoms with Crippen LogP contribution in [0.5, 0.6) is 0 Å². The minimum atomic E-state index is -0.231. The summed E-state index contributed by atoms with van der Waals surface area (Å²) >= 11 is 0. The minimum Gasteiger partial charge on any atom is -0.467 e. The minimum absolute atomic E-state index is 0.0302. The van der Waals surface area contributed by atoms with Crippen LogP contribution in [0.15, 0.2) is 22.8 Å². The van der Waals surface area contributed by atoms with E-state index >= 15 is 0 Å². The van der Waals surface area contributed by atoms with Gasteiger partial charge in [0, 0.05) is 12.1 Å². The molecule has 0 aliphatic carbocycles. The Morgan fingerprint density at radius 1 is 1.33 bits per heavy atom. The third-order valence-electron chi connectivity index (χ3n) is 4.42. The zero-order chi connectivity index (χ0) is 17.7.